The Kier molecular flexibility index (Phi) is 6.76. The van der Waals surface area contributed by atoms with E-state index in [-0.39, 0.29) is 17.6 Å². The van der Waals surface area contributed by atoms with Gasteiger partial charge in [-0.15, -0.1) is 11.8 Å². The average molecular weight is 306 g/mol. The highest BCUT2D eigenvalue weighted by atomic mass is 32.2. The standard InChI is InChI=1S/C15H18N2O3S/c1-10(2)13(15(19)20-3)17-14(18)11-6-4-5-7-12(11)21-9-8-16/h4-7,10,13H,9H2,1-3H3,(H,17,18). The molecule has 6 heteroatoms. The van der Waals surface area contributed by atoms with Crippen molar-refractivity contribution in [3.8, 4) is 6.07 Å². The minimum atomic E-state index is -0.698. The second-order valence-corrected chi connectivity index (χ2v) is 5.68. The number of rotatable bonds is 6. The largest absolute Gasteiger partial charge is 0.467 e. The molecule has 0 aliphatic heterocycles. The normalized spacial score (nSPS) is 11.6. The van der Waals surface area contributed by atoms with E-state index < -0.39 is 12.0 Å². The summed E-state index contributed by atoms with van der Waals surface area (Å²) in [6, 6.07) is 8.32. The number of ether oxygens (including phenoxy) is 1. The first-order valence-electron chi connectivity index (χ1n) is 6.48. The maximum atomic E-state index is 12.3. The van der Waals surface area contributed by atoms with Crippen molar-refractivity contribution in [3.05, 3.63) is 29.8 Å². The lowest BCUT2D eigenvalue weighted by Crippen LogP contribution is -2.45. The van der Waals surface area contributed by atoms with E-state index in [1.54, 1.807) is 24.3 Å². The van der Waals surface area contributed by atoms with Gasteiger partial charge in [-0.3, -0.25) is 4.79 Å². The molecule has 1 unspecified atom stereocenters. The van der Waals surface area contributed by atoms with Crippen LogP contribution in [0.15, 0.2) is 29.2 Å². The van der Waals surface area contributed by atoms with Crippen LogP contribution in [-0.2, 0) is 9.53 Å². The van der Waals surface area contributed by atoms with Gasteiger partial charge in [0.1, 0.15) is 6.04 Å². The first-order chi connectivity index (χ1) is 10.0. The smallest absolute Gasteiger partial charge is 0.328 e. The Morgan fingerprint density at radius 3 is 2.62 bits per heavy atom. The van der Waals surface area contributed by atoms with Gasteiger partial charge in [0.25, 0.3) is 5.91 Å². The zero-order valence-electron chi connectivity index (χ0n) is 12.3. The van der Waals surface area contributed by atoms with Crippen molar-refractivity contribution < 1.29 is 14.3 Å². The van der Waals surface area contributed by atoms with Crippen LogP contribution in [0.1, 0.15) is 24.2 Å². The third-order valence-electron chi connectivity index (χ3n) is 2.83. The molecule has 1 amide bonds. The van der Waals surface area contributed by atoms with E-state index in [0.29, 0.717) is 10.5 Å². The molecule has 1 aromatic rings. The Bertz CT molecular complexity index is 552. The molecule has 0 saturated heterocycles. The van der Waals surface area contributed by atoms with E-state index in [1.165, 1.54) is 18.9 Å². The summed E-state index contributed by atoms with van der Waals surface area (Å²) in [5.74, 6) is -0.643. The molecule has 1 N–H and O–H groups in total. The van der Waals surface area contributed by atoms with Crippen LogP contribution >= 0.6 is 11.8 Å². The van der Waals surface area contributed by atoms with Crippen molar-refractivity contribution in [2.24, 2.45) is 5.92 Å². The quantitative estimate of drug-likeness (QED) is 0.644. The Hall–Kier alpha value is -2.00. The lowest BCUT2D eigenvalue weighted by molar-refractivity contribution is -0.144. The average Bonchev–Trinajstić information content (AvgIpc) is 2.49. The number of nitrogens with one attached hydrogen (secondary N) is 1. The number of esters is 1. The van der Waals surface area contributed by atoms with Gasteiger partial charge in [-0.1, -0.05) is 26.0 Å². The SMILES string of the molecule is COC(=O)C(NC(=O)c1ccccc1SCC#N)C(C)C. The fraction of sp³-hybridized carbons (Fsp3) is 0.400. The van der Waals surface area contributed by atoms with Crippen LogP contribution in [0.2, 0.25) is 0 Å². The van der Waals surface area contributed by atoms with E-state index >= 15 is 0 Å². The number of hydrogen-bond donors (Lipinski definition) is 1. The summed E-state index contributed by atoms with van der Waals surface area (Å²) < 4.78 is 4.70. The van der Waals surface area contributed by atoms with E-state index in [1.807, 2.05) is 19.9 Å². The van der Waals surface area contributed by atoms with E-state index in [9.17, 15) is 9.59 Å². The van der Waals surface area contributed by atoms with Crippen LogP contribution in [0.25, 0.3) is 0 Å². The summed E-state index contributed by atoms with van der Waals surface area (Å²) in [6.07, 6.45) is 0. The Morgan fingerprint density at radius 2 is 2.05 bits per heavy atom. The molecule has 1 rings (SSSR count). The molecule has 0 bridgehead atoms. The number of benzene rings is 1. The molecule has 0 spiro atoms. The number of amides is 1. The van der Waals surface area contributed by atoms with Crippen molar-refractivity contribution >= 4 is 23.6 Å². The number of nitriles is 1. The molecular weight excluding hydrogens is 288 g/mol. The van der Waals surface area contributed by atoms with Gasteiger partial charge in [0.2, 0.25) is 0 Å². The Labute approximate surface area is 128 Å². The number of carbonyl (C=O) groups is 2. The van der Waals surface area contributed by atoms with E-state index in [0.717, 1.165) is 0 Å². The van der Waals surface area contributed by atoms with Crippen LogP contribution in [0.3, 0.4) is 0 Å². The summed E-state index contributed by atoms with van der Waals surface area (Å²) in [4.78, 5) is 24.8. The molecular formula is C15H18N2O3S. The predicted molar refractivity (Wildman–Crippen MR) is 80.9 cm³/mol. The fourth-order valence-corrected chi connectivity index (χ4v) is 2.44. The minimum absolute atomic E-state index is 0.0830. The lowest BCUT2D eigenvalue weighted by Gasteiger charge is -2.20. The summed E-state index contributed by atoms with van der Waals surface area (Å²) in [7, 11) is 1.29. The molecule has 0 aromatic heterocycles. The molecule has 0 radical (unpaired) electrons. The van der Waals surface area contributed by atoms with Gasteiger partial charge in [-0.2, -0.15) is 5.26 Å². The first kappa shape index (κ1) is 17.1. The second kappa shape index (κ2) is 8.32. The van der Waals surface area contributed by atoms with Crippen molar-refractivity contribution in [3.63, 3.8) is 0 Å². The molecule has 21 heavy (non-hydrogen) atoms. The van der Waals surface area contributed by atoms with Gasteiger partial charge in [0.15, 0.2) is 0 Å². The molecule has 0 aliphatic carbocycles. The van der Waals surface area contributed by atoms with Crippen LogP contribution in [0.4, 0.5) is 0 Å². The maximum absolute atomic E-state index is 12.3. The van der Waals surface area contributed by atoms with E-state index in [4.69, 9.17) is 10.00 Å². The van der Waals surface area contributed by atoms with Crippen LogP contribution < -0.4 is 5.32 Å². The molecule has 0 fully saturated rings. The van der Waals surface area contributed by atoms with Crippen molar-refractivity contribution in [2.75, 3.05) is 12.9 Å². The fourth-order valence-electron chi connectivity index (χ4n) is 1.73. The summed E-state index contributed by atoms with van der Waals surface area (Å²) in [6.45, 7) is 3.66. The Balaban J connectivity index is 2.93. The highest BCUT2D eigenvalue weighted by Crippen LogP contribution is 2.22. The molecule has 0 saturated carbocycles. The highest BCUT2D eigenvalue weighted by molar-refractivity contribution is 7.99. The maximum Gasteiger partial charge on any atom is 0.328 e. The van der Waals surface area contributed by atoms with E-state index in [2.05, 4.69) is 5.32 Å². The highest BCUT2D eigenvalue weighted by Gasteiger charge is 2.26. The topological polar surface area (TPSA) is 79.2 Å². The van der Waals surface area contributed by atoms with Gasteiger partial charge in [-0.25, -0.2) is 4.79 Å². The van der Waals surface area contributed by atoms with Crippen molar-refractivity contribution in [2.45, 2.75) is 24.8 Å². The summed E-state index contributed by atoms with van der Waals surface area (Å²) in [5, 5.41) is 11.3. The molecule has 0 heterocycles. The van der Waals surface area contributed by atoms with Gasteiger partial charge < -0.3 is 10.1 Å². The van der Waals surface area contributed by atoms with Crippen LogP contribution in [-0.4, -0.2) is 30.8 Å². The van der Waals surface area contributed by atoms with Crippen molar-refractivity contribution in [1.29, 1.82) is 5.26 Å². The van der Waals surface area contributed by atoms with Gasteiger partial charge >= 0.3 is 5.97 Å². The molecule has 1 aromatic carbocycles. The first-order valence-corrected chi connectivity index (χ1v) is 7.47. The molecule has 1 atom stereocenters. The monoisotopic (exact) mass is 306 g/mol. The van der Waals surface area contributed by atoms with Gasteiger partial charge in [0, 0.05) is 4.90 Å². The van der Waals surface area contributed by atoms with Gasteiger partial charge in [0.05, 0.1) is 24.5 Å². The zero-order chi connectivity index (χ0) is 15.8. The predicted octanol–water partition coefficient (Wildman–Crippen LogP) is 2.23. The lowest BCUT2D eigenvalue weighted by atomic mass is 10.0. The van der Waals surface area contributed by atoms with Crippen molar-refractivity contribution in [1.82, 2.24) is 5.32 Å². The van der Waals surface area contributed by atoms with Gasteiger partial charge in [-0.05, 0) is 18.1 Å². The molecule has 5 nitrogen and oxygen atoms in total. The number of nitrogens with zero attached hydrogens (tertiary/aromatic N) is 1. The second-order valence-electron chi connectivity index (χ2n) is 4.66. The summed E-state index contributed by atoms with van der Waals surface area (Å²) >= 11 is 1.29. The van der Waals surface area contributed by atoms with Crippen LogP contribution in [0, 0.1) is 17.2 Å². The minimum Gasteiger partial charge on any atom is -0.467 e. The number of thioether (sulfide) groups is 1. The Morgan fingerprint density at radius 1 is 1.38 bits per heavy atom. The molecule has 0 aliphatic rings. The molecule has 112 valence electrons. The third-order valence-corrected chi connectivity index (χ3v) is 3.77. The third kappa shape index (κ3) is 4.80. The zero-order valence-corrected chi connectivity index (χ0v) is 13.1. The summed E-state index contributed by atoms with van der Waals surface area (Å²) in [5.41, 5.74) is 0.451. The van der Waals surface area contributed by atoms with Crippen LogP contribution in [0.5, 0.6) is 0 Å². The number of carbonyl (C=O) groups excluding carboxylic acids is 2. The number of methoxy groups -OCH3 is 1. The number of hydrogen-bond acceptors (Lipinski definition) is 5.